The number of furan rings is 1. The summed E-state index contributed by atoms with van der Waals surface area (Å²) in [7, 11) is -3.66. The van der Waals surface area contributed by atoms with Crippen molar-refractivity contribution < 1.29 is 22.7 Å². The van der Waals surface area contributed by atoms with Gasteiger partial charge in [-0.05, 0) is 25.1 Å². The lowest BCUT2D eigenvalue weighted by molar-refractivity contribution is 0.0661. The van der Waals surface area contributed by atoms with Crippen molar-refractivity contribution in [3.05, 3.63) is 52.4 Å². The summed E-state index contributed by atoms with van der Waals surface area (Å²) in [5, 5.41) is 8.95. The molecule has 0 unspecified atom stereocenters. The highest BCUT2D eigenvalue weighted by Gasteiger charge is 2.22. The molecular formula is C13H11ClO5S. The van der Waals surface area contributed by atoms with Crippen LogP contribution in [0.5, 0.6) is 0 Å². The summed E-state index contributed by atoms with van der Waals surface area (Å²) in [5.74, 6) is -1.63. The first-order chi connectivity index (χ1) is 9.31. The first kappa shape index (κ1) is 14.6. The molecule has 20 heavy (non-hydrogen) atoms. The van der Waals surface area contributed by atoms with Gasteiger partial charge in [-0.25, -0.2) is 13.2 Å². The summed E-state index contributed by atoms with van der Waals surface area (Å²) in [6.07, 6.45) is 0. The summed E-state index contributed by atoms with van der Waals surface area (Å²) in [6, 6.07) is 7.31. The van der Waals surface area contributed by atoms with Crippen LogP contribution in [0.25, 0.3) is 0 Å². The molecule has 0 saturated heterocycles. The van der Waals surface area contributed by atoms with E-state index in [9.17, 15) is 13.2 Å². The molecule has 0 amide bonds. The minimum Gasteiger partial charge on any atom is -0.475 e. The van der Waals surface area contributed by atoms with Gasteiger partial charge in [-0.3, -0.25) is 0 Å². The quantitative estimate of drug-likeness (QED) is 0.938. The zero-order valence-electron chi connectivity index (χ0n) is 10.5. The Balaban J connectivity index is 2.39. The smallest absolute Gasteiger partial charge is 0.371 e. The molecule has 0 aliphatic carbocycles. The molecule has 0 fully saturated rings. The van der Waals surface area contributed by atoms with Crippen LogP contribution in [0.4, 0.5) is 0 Å². The molecule has 1 aromatic heterocycles. The van der Waals surface area contributed by atoms with Crippen LogP contribution in [0.2, 0.25) is 5.02 Å². The number of sulfone groups is 1. The van der Waals surface area contributed by atoms with Crippen molar-refractivity contribution in [3.63, 3.8) is 0 Å². The predicted molar refractivity (Wildman–Crippen MR) is 72.7 cm³/mol. The molecule has 0 radical (unpaired) electrons. The van der Waals surface area contributed by atoms with E-state index in [1.54, 1.807) is 12.1 Å². The third-order valence-corrected chi connectivity index (χ3v) is 4.91. The van der Waals surface area contributed by atoms with Crippen molar-refractivity contribution in [2.24, 2.45) is 0 Å². The molecule has 0 atom stereocenters. The summed E-state index contributed by atoms with van der Waals surface area (Å²) in [5.41, 5.74) is 0.308. The van der Waals surface area contributed by atoms with Crippen molar-refractivity contribution in [1.82, 2.24) is 0 Å². The topological polar surface area (TPSA) is 84.6 Å². The lowest BCUT2D eigenvalue weighted by Crippen LogP contribution is -2.05. The van der Waals surface area contributed by atoms with Crippen molar-refractivity contribution in [2.45, 2.75) is 17.6 Å². The van der Waals surface area contributed by atoms with Gasteiger partial charge < -0.3 is 9.52 Å². The zero-order chi connectivity index (χ0) is 14.9. The number of hydrogen-bond acceptors (Lipinski definition) is 4. The van der Waals surface area contributed by atoms with E-state index in [1.165, 1.54) is 25.1 Å². The van der Waals surface area contributed by atoms with Crippen LogP contribution in [0.15, 0.2) is 39.6 Å². The number of halogens is 1. The number of carbonyl (C=O) groups is 1. The Hall–Kier alpha value is -1.79. The van der Waals surface area contributed by atoms with Crippen LogP contribution < -0.4 is 0 Å². The van der Waals surface area contributed by atoms with Crippen molar-refractivity contribution in [3.8, 4) is 0 Å². The van der Waals surface area contributed by atoms with E-state index in [0.717, 1.165) is 0 Å². The maximum absolute atomic E-state index is 12.3. The second-order valence-corrected chi connectivity index (χ2v) is 6.55. The first-order valence-electron chi connectivity index (χ1n) is 5.61. The second-order valence-electron chi connectivity index (χ2n) is 4.19. The summed E-state index contributed by atoms with van der Waals surface area (Å²) in [4.78, 5) is 10.8. The van der Waals surface area contributed by atoms with Crippen LogP contribution in [-0.2, 0) is 15.6 Å². The second kappa shape index (κ2) is 5.30. The number of carboxylic acids is 1. The molecule has 0 spiro atoms. The highest BCUT2D eigenvalue weighted by atomic mass is 35.5. The fourth-order valence-corrected chi connectivity index (χ4v) is 3.74. The van der Waals surface area contributed by atoms with Gasteiger partial charge in [0.05, 0.1) is 15.7 Å². The van der Waals surface area contributed by atoms with Gasteiger partial charge in [-0.1, -0.05) is 23.7 Å². The van der Waals surface area contributed by atoms with Crippen LogP contribution in [0.1, 0.15) is 21.9 Å². The van der Waals surface area contributed by atoms with E-state index in [0.29, 0.717) is 5.56 Å². The minimum atomic E-state index is -3.66. The van der Waals surface area contributed by atoms with E-state index < -0.39 is 15.8 Å². The Morgan fingerprint density at radius 3 is 2.55 bits per heavy atom. The molecule has 2 aromatic rings. The maximum atomic E-state index is 12.3. The molecule has 0 aliphatic rings. The highest BCUT2D eigenvalue weighted by Crippen LogP contribution is 2.26. The molecule has 0 saturated carbocycles. The molecule has 1 aromatic carbocycles. The largest absolute Gasteiger partial charge is 0.475 e. The van der Waals surface area contributed by atoms with Gasteiger partial charge in [0.2, 0.25) is 5.76 Å². The standard InChI is InChI=1S/C13H11ClO5S/c1-8-9(6-11(19-8)13(15)16)7-20(17,18)12-5-3-2-4-10(12)14/h2-6H,7H2,1H3,(H,15,16). The Labute approximate surface area is 120 Å². The average Bonchev–Trinajstić information content (AvgIpc) is 2.71. The van der Waals surface area contributed by atoms with Gasteiger partial charge in [0.1, 0.15) is 5.76 Å². The zero-order valence-corrected chi connectivity index (χ0v) is 12.0. The Morgan fingerprint density at radius 2 is 2.00 bits per heavy atom. The monoisotopic (exact) mass is 314 g/mol. The fourth-order valence-electron chi connectivity index (χ4n) is 1.75. The number of carboxylic acid groups (broad SMARTS) is 1. The molecule has 5 nitrogen and oxygen atoms in total. The van der Waals surface area contributed by atoms with Crippen LogP contribution in [0, 0.1) is 6.92 Å². The van der Waals surface area contributed by atoms with E-state index in [-0.39, 0.29) is 27.2 Å². The number of benzene rings is 1. The van der Waals surface area contributed by atoms with E-state index in [2.05, 4.69) is 0 Å². The number of hydrogen-bond donors (Lipinski definition) is 1. The van der Waals surface area contributed by atoms with E-state index >= 15 is 0 Å². The Kier molecular flexibility index (Phi) is 3.87. The molecular weight excluding hydrogens is 304 g/mol. The van der Waals surface area contributed by atoms with Gasteiger partial charge in [0, 0.05) is 5.56 Å². The normalized spacial score (nSPS) is 11.5. The van der Waals surface area contributed by atoms with Crippen LogP contribution in [-0.4, -0.2) is 19.5 Å². The Morgan fingerprint density at radius 1 is 1.35 bits per heavy atom. The predicted octanol–water partition coefficient (Wildman–Crippen LogP) is 2.91. The number of aromatic carboxylic acids is 1. The summed E-state index contributed by atoms with van der Waals surface area (Å²) < 4.78 is 29.6. The molecule has 106 valence electrons. The maximum Gasteiger partial charge on any atom is 0.371 e. The number of aryl methyl sites for hydroxylation is 1. The third kappa shape index (κ3) is 2.86. The molecule has 7 heteroatoms. The summed E-state index contributed by atoms with van der Waals surface area (Å²) in [6.45, 7) is 1.52. The third-order valence-electron chi connectivity index (χ3n) is 2.75. The van der Waals surface area contributed by atoms with Gasteiger partial charge in [-0.2, -0.15) is 0 Å². The molecule has 0 bridgehead atoms. The minimum absolute atomic E-state index is 0.0131. The van der Waals surface area contributed by atoms with Gasteiger partial charge in [0.25, 0.3) is 0 Å². The number of rotatable bonds is 4. The van der Waals surface area contributed by atoms with Crippen LogP contribution >= 0.6 is 11.6 Å². The van der Waals surface area contributed by atoms with Gasteiger partial charge in [0.15, 0.2) is 9.84 Å². The van der Waals surface area contributed by atoms with Crippen molar-refractivity contribution in [1.29, 1.82) is 0 Å². The fraction of sp³-hybridized carbons (Fsp3) is 0.154. The lowest BCUT2D eigenvalue weighted by atomic mass is 10.3. The van der Waals surface area contributed by atoms with E-state index in [4.69, 9.17) is 21.1 Å². The lowest BCUT2D eigenvalue weighted by Gasteiger charge is -2.05. The van der Waals surface area contributed by atoms with Crippen molar-refractivity contribution >= 4 is 27.4 Å². The van der Waals surface area contributed by atoms with Gasteiger partial charge >= 0.3 is 5.97 Å². The van der Waals surface area contributed by atoms with Crippen molar-refractivity contribution in [2.75, 3.05) is 0 Å². The first-order valence-corrected chi connectivity index (χ1v) is 7.64. The highest BCUT2D eigenvalue weighted by molar-refractivity contribution is 7.90. The van der Waals surface area contributed by atoms with Gasteiger partial charge in [-0.15, -0.1) is 0 Å². The summed E-state index contributed by atoms with van der Waals surface area (Å²) >= 11 is 5.87. The Bertz CT molecular complexity index is 761. The molecule has 2 rings (SSSR count). The molecule has 0 aliphatic heterocycles. The molecule has 1 heterocycles. The van der Waals surface area contributed by atoms with E-state index in [1.807, 2.05) is 0 Å². The average molecular weight is 315 g/mol. The molecule has 1 N–H and O–H groups in total. The SMILES string of the molecule is Cc1oc(C(=O)O)cc1CS(=O)(=O)c1ccccc1Cl. The van der Waals surface area contributed by atoms with Crippen LogP contribution in [0.3, 0.4) is 0 Å².